The van der Waals surface area contributed by atoms with Crippen molar-refractivity contribution in [1.29, 1.82) is 0 Å². The minimum atomic E-state index is 0.0994. The molecule has 0 saturated heterocycles. The maximum atomic E-state index is 12.0. The van der Waals surface area contributed by atoms with Crippen LogP contribution < -0.4 is 0 Å². The van der Waals surface area contributed by atoms with E-state index in [1.54, 1.807) is 17.8 Å². The zero-order chi connectivity index (χ0) is 10.1. The van der Waals surface area contributed by atoms with E-state index in [0.29, 0.717) is 5.02 Å². The van der Waals surface area contributed by atoms with Gasteiger partial charge in [0.1, 0.15) is 0 Å². The minimum absolute atomic E-state index is 0.0994. The Morgan fingerprint density at radius 3 is 3.00 bits per heavy atom. The van der Waals surface area contributed by atoms with Gasteiger partial charge in [0.2, 0.25) is 0 Å². The van der Waals surface area contributed by atoms with Crippen molar-refractivity contribution >= 4 is 29.1 Å². The zero-order valence-corrected chi connectivity index (χ0v) is 9.49. The van der Waals surface area contributed by atoms with Gasteiger partial charge in [-0.05, 0) is 30.7 Å². The Kier molecular flexibility index (Phi) is 2.84. The van der Waals surface area contributed by atoms with Crippen LogP contribution in [0.4, 0.5) is 0 Å². The number of benzene rings is 1. The minimum Gasteiger partial charge on any atom is -0.293 e. The van der Waals surface area contributed by atoms with Gasteiger partial charge in [-0.3, -0.25) is 4.79 Å². The first kappa shape index (κ1) is 10.1. The fourth-order valence-electron chi connectivity index (χ4n) is 1.86. The molecule has 0 aliphatic heterocycles. The van der Waals surface area contributed by atoms with Gasteiger partial charge in [0.15, 0.2) is 5.78 Å². The number of rotatable bonds is 1. The van der Waals surface area contributed by atoms with Crippen LogP contribution in [0.1, 0.15) is 22.3 Å². The largest absolute Gasteiger partial charge is 0.293 e. The average molecular weight is 227 g/mol. The lowest BCUT2D eigenvalue weighted by Gasteiger charge is -2.22. The predicted molar refractivity (Wildman–Crippen MR) is 61.4 cm³/mol. The fraction of sp³-hybridized carbons (Fsp3) is 0.364. The molecule has 0 spiro atoms. The summed E-state index contributed by atoms with van der Waals surface area (Å²) in [5, 5.41) is 0.702. The third-order valence-electron chi connectivity index (χ3n) is 2.60. The summed E-state index contributed by atoms with van der Waals surface area (Å²) in [5.41, 5.74) is 1.85. The summed E-state index contributed by atoms with van der Waals surface area (Å²) in [4.78, 5) is 12.0. The molecule has 14 heavy (non-hydrogen) atoms. The molecule has 0 N–H and O–H groups in total. The third-order valence-corrected chi connectivity index (χ3v) is 3.93. The molecule has 0 fully saturated rings. The maximum absolute atomic E-state index is 12.0. The molecule has 1 aromatic carbocycles. The highest BCUT2D eigenvalue weighted by atomic mass is 35.5. The summed E-state index contributed by atoms with van der Waals surface area (Å²) in [7, 11) is 0. The number of ketones is 1. The third kappa shape index (κ3) is 1.57. The molecular weight excluding hydrogens is 216 g/mol. The second-order valence-corrected chi connectivity index (χ2v) is 4.85. The van der Waals surface area contributed by atoms with Gasteiger partial charge in [-0.1, -0.05) is 23.7 Å². The highest BCUT2D eigenvalue weighted by Gasteiger charge is 2.28. The number of fused-ring (bicyclic) bond motifs is 1. The van der Waals surface area contributed by atoms with Gasteiger partial charge in [0.25, 0.3) is 0 Å². The van der Waals surface area contributed by atoms with Crippen molar-refractivity contribution < 1.29 is 4.79 Å². The van der Waals surface area contributed by atoms with Gasteiger partial charge in [0.05, 0.1) is 10.3 Å². The summed E-state index contributed by atoms with van der Waals surface area (Å²) in [5.74, 6) is 0.198. The summed E-state index contributed by atoms with van der Waals surface area (Å²) in [6, 6.07) is 5.70. The highest BCUT2D eigenvalue weighted by molar-refractivity contribution is 7.99. The molecule has 1 nitrogen and oxygen atoms in total. The lowest BCUT2D eigenvalue weighted by atomic mass is 9.90. The molecule has 1 aliphatic carbocycles. The van der Waals surface area contributed by atoms with E-state index >= 15 is 0 Å². The Morgan fingerprint density at radius 2 is 2.29 bits per heavy atom. The molecule has 0 radical (unpaired) electrons. The number of halogens is 1. The lowest BCUT2D eigenvalue weighted by molar-refractivity contribution is 0.0979. The van der Waals surface area contributed by atoms with Crippen molar-refractivity contribution in [2.24, 2.45) is 0 Å². The van der Waals surface area contributed by atoms with Gasteiger partial charge in [-0.25, -0.2) is 0 Å². The van der Waals surface area contributed by atoms with Crippen molar-refractivity contribution in [3.63, 3.8) is 0 Å². The Bertz CT molecular complexity index is 376. The van der Waals surface area contributed by atoms with Crippen molar-refractivity contribution in [1.82, 2.24) is 0 Å². The molecule has 0 saturated carbocycles. The summed E-state index contributed by atoms with van der Waals surface area (Å²) in [6.07, 6.45) is 3.88. The number of hydrogen-bond acceptors (Lipinski definition) is 2. The molecule has 0 amide bonds. The number of hydrogen-bond donors (Lipinski definition) is 0. The van der Waals surface area contributed by atoms with Crippen LogP contribution in [-0.2, 0) is 6.42 Å². The fourth-order valence-corrected chi connectivity index (χ4v) is 2.83. The molecule has 1 unspecified atom stereocenters. The summed E-state index contributed by atoms with van der Waals surface area (Å²) >= 11 is 7.65. The Balaban J connectivity index is 2.48. The number of carbonyl (C=O) groups excluding carboxylic acids is 1. The van der Waals surface area contributed by atoms with E-state index in [2.05, 4.69) is 0 Å². The van der Waals surface area contributed by atoms with Gasteiger partial charge < -0.3 is 0 Å². The average Bonchev–Trinajstić information content (AvgIpc) is 2.18. The Hall–Kier alpha value is -0.470. The lowest BCUT2D eigenvalue weighted by Crippen LogP contribution is -2.24. The SMILES string of the molecule is CSC1CCc2cccc(Cl)c2C1=O. The van der Waals surface area contributed by atoms with Gasteiger partial charge in [-0.2, -0.15) is 11.8 Å². The zero-order valence-electron chi connectivity index (χ0n) is 7.92. The van der Waals surface area contributed by atoms with Crippen LogP contribution in [-0.4, -0.2) is 17.3 Å². The Labute approximate surface area is 92.8 Å². The van der Waals surface area contributed by atoms with Crippen LogP contribution in [0.2, 0.25) is 5.02 Å². The molecular formula is C11H11ClOS. The van der Waals surface area contributed by atoms with Crippen molar-refractivity contribution in [3.05, 3.63) is 34.3 Å². The second kappa shape index (κ2) is 3.95. The maximum Gasteiger partial charge on any atom is 0.177 e. The summed E-state index contributed by atoms with van der Waals surface area (Å²) < 4.78 is 0. The molecule has 3 heteroatoms. The van der Waals surface area contributed by atoms with Crippen LogP contribution in [0.5, 0.6) is 0 Å². The van der Waals surface area contributed by atoms with Crippen LogP contribution in [0.15, 0.2) is 18.2 Å². The number of aryl methyl sites for hydroxylation is 1. The topological polar surface area (TPSA) is 17.1 Å². The molecule has 2 rings (SSSR count). The number of thioether (sulfide) groups is 1. The second-order valence-electron chi connectivity index (χ2n) is 3.40. The first-order valence-electron chi connectivity index (χ1n) is 4.58. The van der Waals surface area contributed by atoms with Crippen molar-refractivity contribution in [2.45, 2.75) is 18.1 Å². The van der Waals surface area contributed by atoms with Crippen molar-refractivity contribution in [3.8, 4) is 0 Å². The summed E-state index contributed by atoms with van der Waals surface area (Å²) in [6.45, 7) is 0. The molecule has 1 atom stereocenters. The standard InChI is InChI=1S/C11H11ClOS/c1-14-9-6-5-7-3-2-4-8(12)10(7)11(9)13/h2-4,9H,5-6H2,1H3. The van der Waals surface area contributed by atoms with Crippen molar-refractivity contribution in [2.75, 3.05) is 6.26 Å². The van der Waals surface area contributed by atoms with Gasteiger partial charge in [-0.15, -0.1) is 0 Å². The Morgan fingerprint density at radius 1 is 1.50 bits per heavy atom. The molecule has 0 aromatic heterocycles. The van der Waals surface area contributed by atoms with Gasteiger partial charge >= 0.3 is 0 Å². The van der Waals surface area contributed by atoms with E-state index in [1.165, 1.54) is 0 Å². The predicted octanol–water partition coefficient (Wildman–Crippen LogP) is 3.20. The number of carbonyl (C=O) groups is 1. The smallest absolute Gasteiger partial charge is 0.177 e. The normalized spacial score (nSPS) is 20.7. The van der Waals surface area contributed by atoms with Crippen LogP contribution >= 0.6 is 23.4 Å². The molecule has 1 aliphatic rings. The monoisotopic (exact) mass is 226 g/mol. The van der Waals surface area contributed by atoms with E-state index < -0.39 is 0 Å². The first-order chi connectivity index (χ1) is 6.74. The van der Waals surface area contributed by atoms with Gasteiger partial charge in [0, 0.05) is 5.56 Å². The van der Waals surface area contributed by atoms with E-state index in [4.69, 9.17) is 11.6 Å². The highest BCUT2D eigenvalue weighted by Crippen LogP contribution is 2.31. The molecule has 74 valence electrons. The van der Waals surface area contributed by atoms with Crippen LogP contribution in [0, 0.1) is 0 Å². The quantitative estimate of drug-likeness (QED) is 0.732. The van der Waals surface area contributed by atoms with E-state index in [1.807, 2.05) is 18.4 Å². The van der Waals surface area contributed by atoms with E-state index in [-0.39, 0.29) is 11.0 Å². The number of Topliss-reactive ketones (excluding diaryl/α,β-unsaturated/α-hetero) is 1. The van der Waals surface area contributed by atoms with E-state index in [0.717, 1.165) is 24.0 Å². The molecule has 0 bridgehead atoms. The molecule has 1 aromatic rings. The molecule has 0 heterocycles. The van der Waals surface area contributed by atoms with Crippen LogP contribution in [0.25, 0.3) is 0 Å². The first-order valence-corrected chi connectivity index (χ1v) is 6.25. The van der Waals surface area contributed by atoms with E-state index in [9.17, 15) is 4.79 Å². The van der Waals surface area contributed by atoms with Crippen LogP contribution in [0.3, 0.4) is 0 Å².